The van der Waals surface area contributed by atoms with Crippen LogP contribution in [0, 0.1) is 11.6 Å². The van der Waals surface area contributed by atoms with Gasteiger partial charge in [-0.25, -0.2) is 13.8 Å². The Balaban J connectivity index is 2.18. The lowest BCUT2D eigenvalue weighted by molar-refractivity contribution is 0.414. The van der Waals surface area contributed by atoms with Gasteiger partial charge in [-0.05, 0) is 31.2 Å². The third-order valence-corrected chi connectivity index (χ3v) is 3.19. The molecule has 0 aliphatic carbocycles. The van der Waals surface area contributed by atoms with Crippen molar-refractivity contribution in [3.05, 3.63) is 52.1 Å². The first-order chi connectivity index (χ1) is 10.1. The summed E-state index contributed by atoms with van der Waals surface area (Å²) in [6.45, 7) is 3.23. The molecule has 112 valence electrons. The summed E-state index contributed by atoms with van der Waals surface area (Å²) in [5.41, 5.74) is 0.462. The van der Waals surface area contributed by atoms with Crippen LogP contribution < -0.4 is 10.1 Å². The van der Waals surface area contributed by atoms with Crippen LogP contribution in [0.15, 0.2) is 34.9 Å². The Bertz CT molecular complexity index is 602. The third-order valence-electron chi connectivity index (χ3n) is 2.73. The zero-order chi connectivity index (χ0) is 15.2. The fourth-order valence-electron chi connectivity index (χ4n) is 1.77. The van der Waals surface area contributed by atoms with Crippen molar-refractivity contribution in [2.45, 2.75) is 19.9 Å². The summed E-state index contributed by atoms with van der Waals surface area (Å²) >= 11 is 3.16. The minimum atomic E-state index is -0.540. The highest BCUT2D eigenvalue weighted by molar-refractivity contribution is 9.10. The number of halogens is 3. The van der Waals surface area contributed by atoms with Gasteiger partial charge in [0, 0.05) is 28.8 Å². The van der Waals surface area contributed by atoms with Crippen LogP contribution in [0.4, 0.5) is 8.78 Å². The van der Waals surface area contributed by atoms with E-state index in [0.717, 1.165) is 13.0 Å². The molecule has 0 aliphatic heterocycles. The SMILES string of the molecule is CCCNCc1ccnc(Oc2cc(F)cc(Br)c2)c1F. The van der Waals surface area contributed by atoms with Gasteiger partial charge in [0.05, 0.1) is 0 Å². The standard InChI is InChI=1S/C15H15BrF2N2O/c1-2-4-19-9-10-3-5-20-15(14(10)18)21-13-7-11(16)6-12(17)8-13/h3,5-8,19H,2,4,9H2,1H3. The van der Waals surface area contributed by atoms with E-state index in [0.29, 0.717) is 16.6 Å². The predicted octanol–water partition coefficient (Wildman–Crippen LogP) is 4.41. The molecule has 2 aromatic rings. The minimum absolute atomic E-state index is 0.164. The van der Waals surface area contributed by atoms with Gasteiger partial charge >= 0.3 is 0 Å². The Morgan fingerprint density at radius 2 is 2.10 bits per heavy atom. The summed E-state index contributed by atoms with van der Waals surface area (Å²) in [5.74, 6) is -0.989. The average molecular weight is 357 g/mol. The van der Waals surface area contributed by atoms with Crippen LogP contribution in [0.3, 0.4) is 0 Å². The first-order valence-corrected chi connectivity index (χ1v) is 7.37. The summed E-state index contributed by atoms with van der Waals surface area (Å²) in [5, 5.41) is 3.11. The summed E-state index contributed by atoms with van der Waals surface area (Å²) < 4.78 is 33.4. The Morgan fingerprint density at radius 3 is 2.81 bits per heavy atom. The van der Waals surface area contributed by atoms with Gasteiger partial charge in [0.1, 0.15) is 11.6 Å². The average Bonchev–Trinajstić information content (AvgIpc) is 2.42. The zero-order valence-corrected chi connectivity index (χ0v) is 13.1. The number of hydrogen-bond donors (Lipinski definition) is 1. The van der Waals surface area contributed by atoms with E-state index >= 15 is 0 Å². The van der Waals surface area contributed by atoms with E-state index in [1.54, 1.807) is 12.1 Å². The summed E-state index contributed by atoms with van der Waals surface area (Å²) in [6.07, 6.45) is 2.43. The van der Waals surface area contributed by atoms with E-state index in [9.17, 15) is 8.78 Å². The van der Waals surface area contributed by atoms with Crippen molar-refractivity contribution in [3.63, 3.8) is 0 Å². The van der Waals surface area contributed by atoms with Crippen molar-refractivity contribution in [1.29, 1.82) is 0 Å². The first-order valence-electron chi connectivity index (χ1n) is 6.58. The van der Waals surface area contributed by atoms with Gasteiger partial charge in [0.25, 0.3) is 5.88 Å². The van der Waals surface area contributed by atoms with Crippen molar-refractivity contribution in [3.8, 4) is 11.6 Å². The highest BCUT2D eigenvalue weighted by Crippen LogP contribution is 2.27. The van der Waals surface area contributed by atoms with Crippen molar-refractivity contribution in [1.82, 2.24) is 10.3 Å². The second kappa shape index (κ2) is 7.47. The maximum Gasteiger partial charge on any atom is 0.256 e. The number of nitrogens with one attached hydrogen (secondary N) is 1. The van der Waals surface area contributed by atoms with Crippen LogP contribution in [0.1, 0.15) is 18.9 Å². The largest absolute Gasteiger partial charge is 0.436 e. The molecule has 0 amide bonds. The molecule has 0 atom stereocenters. The van der Waals surface area contributed by atoms with Crippen LogP contribution in [0.5, 0.6) is 11.6 Å². The first kappa shape index (κ1) is 15.9. The molecule has 6 heteroatoms. The molecule has 1 aromatic heterocycles. The Morgan fingerprint density at radius 1 is 1.29 bits per heavy atom. The van der Waals surface area contributed by atoms with E-state index in [1.165, 1.54) is 18.3 Å². The molecule has 2 rings (SSSR count). The fraction of sp³-hybridized carbons (Fsp3) is 0.267. The lowest BCUT2D eigenvalue weighted by Crippen LogP contribution is -2.15. The number of hydrogen-bond acceptors (Lipinski definition) is 3. The topological polar surface area (TPSA) is 34.2 Å². The maximum absolute atomic E-state index is 14.3. The molecule has 0 spiro atoms. The number of aromatic nitrogens is 1. The Kier molecular flexibility index (Phi) is 5.64. The number of nitrogens with zero attached hydrogens (tertiary/aromatic N) is 1. The van der Waals surface area contributed by atoms with Crippen molar-refractivity contribution < 1.29 is 13.5 Å². The third kappa shape index (κ3) is 4.47. The molecule has 1 aromatic carbocycles. The van der Waals surface area contributed by atoms with Crippen LogP contribution in [0.2, 0.25) is 0 Å². The normalized spacial score (nSPS) is 10.7. The monoisotopic (exact) mass is 356 g/mol. The molecule has 1 heterocycles. The van der Waals surface area contributed by atoms with Gasteiger partial charge in [-0.1, -0.05) is 22.9 Å². The summed E-state index contributed by atoms with van der Waals surface area (Å²) in [7, 11) is 0. The molecule has 0 aliphatic rings. The van der Waals surface area contributed by atoms with E-state index in [2.05, 4.69) is 26.2 Å². The van der Waals surface area contributed by atoms with Gasteiger partial charge < -0.3 is 10.1 Å². The van der Waals surface area contributed by atoms with E-state index < -0.39 is 11.6 Å². The number of rotatable bonds is 6. The van der Waals surface area contributed by atoms with Gasteiger partial charge in [-0.3, -0.25) is 0 Å². The Hall–Kier alpha value is -1.53. The predicted molar refractivity (Wildman–Crippen MR) is 80.4 cm³/mol. The van der Waals surface area contributed by atoms with Gasteiger partial charge in [0.2, 0.25) is 0 Å². The molecule has 0 saturated heterocycles. The molecule has 0 unspecified atom stereocenters. The lowest BCUT2D eigenvalue weighted by atomic mass is 10.2. The van der Waals surface area contributed by atoms with Crippen LogP contribution in [0.25, 0.3) is 0 Å². The van der Waals surface area contributed by atoms with E-state index in [1.807, 2.05) is 6.92 Å². The quantitative estimate of drug-likeness (QED) is 0.778. The highest BCUT2D eigenvalue weighted by atomic mass is 79.9. The molecule has 1 N–H and O–H groups in total. The van der Waals surface area contributed by atoms with Gasteiger partial charge in [-0.15, -0.1) is 0 Å². The van der Waals surface area contributed by atoms with Crippen molar-refractivity contribution >= 4 is 15.9 Å². The molecular formula is C15H15BrF2N2O. The minimum Gasteiger partial charge on any atom is -0.436 e. The van der Waals surface area contributed by atoms with Crippen molar-refractivity contribution in [2.24, 2.45) is 0 Å². The number of pyridine rings is 1. The molecule has 0 bridgehead atoms. The second-order valence-corrected chi connectivity index (χ2v) is 5.39. The zero-order valence-electron chi connectivity index (χ0n) is 11.5. The fourth-order valence-corrected chi connectivity index (χ4v) is 2.21. The lowest BCUT2D eigenvalue weighted by Gasteiger charge is -2.10. The maximum atomic E-state index is 14.3. The molecule has 3 nitrogen and oxygen atoms in total. The van der Waals surface area contributed by atoms with Crippen LogP contribution in [-0.4, -0.2) is 11.5 Å². The second-order valence-electron chi connectivity index (χ2n) is 4.47. The highest BCUT2D eigenvalue weighted by Gasteiger charge is 2.12. The molecule has 0 fully saturated rings. The van der Waals surface area contributed by atoms with E-state index in [-0.39, 0.29) is 11.6 Å². The summed E-state index contributed by atoms with van der Waals surface area (Å²) in [4.78, 5) is 3.86. The van der Waals surface area contributed by atoms with E-state index in [4.69, 9.17) is 4.74 Å². The van der Waals surface area contributed by atoms with Crippen LogP contribution >= 0.6 is 15.9 Å². The van der Waals surface area contributed by atoms with Gasteiger partial charge in [0.15, 0.2) is 5.82 Å². The van der Waals surface area contributed by atoms with Crippen LogP contribution in [-0.2, 0) is 6.54 Å². The molecule has 0 radical (unpaired) electrons. The van der Waals surface area contributed by atoms with Gasteiger partial charge in [-0.2, -0.15) is 0 Å². The summed E-state index contributed by atoms with van der Waals surface area (Å²) in [6, 6.07) is 5.61. The molecule has 21 heavy (non-hydrogen) atoms. The van der Waals surface area contributed by atoms with Crippen molar-refractivity contribution in [2.75, 3.05) is 6.54 Å². The number of benzene rings is 1. The molecular weight excluding hydrogens is 342 g/mol. The molecule has 0 saturated carbocycles. The number of ether oxygens (including phenoxy) is 1. The Labute approximate surface area is 130 Å². The smallest absolute Gasteiger partial charge is 0.256 e.